The molecule has 0 aromatic heterocycles. The fourth-order valence-corrected chi connectivity index (χ4v) is 0.642. The first-order valence-electron chi connectivity index (χ1n) is 4.34. The third-order valence-corrected chi connectivity index (χ3v) is 1.09. The van der Waals surface area contributed by atoms with Crippen LogP contribution in [0.5, 0.6) is 0 Å². The summed E-state index contributed by atoms with van der Waals surface area (Å²) in [5, 5.41) is -1.03. The van der Waals surface area contributed by atoms with Gasteiger partial charge < -0.3 is 11.7 Å². The molecule has 0 amide bonds. The van der Waals surface area contributed by atoms with Crippen LogP contribution in [0.4, 0.5) is 0 Å². The van der Waals surface area contributed by atoms with Gasteiger partial charge in [-0.2, -0.15) is 0 Å². The largest absolute Gasteiger partial charge is 0.323 e. The zero-order valence-corrected chi connectivity index (χ0v) is 12.3. The normalized spacial score (nSPS) is 7.71. The smallest absolute Gasteiger partial charge is 0.244 e. The molecule has 0 atom stereocenters. The quantitative estimate of drug-likeness (QED) is 0.451. The van der Waals surface area contributed by atoms with Crippen molar-refractivity contribution >= 4 is 33.7 Å². The summed E-state index contributed by atoms with van der Waals surface area (Å²) in [4.78, 5) is 18.8. The second-order valence-corrected chi connectivity index (χ2v) is 3.11. The number of hydrogen-bond acceptors (Lipinski definition) is 2. The molecule has 0 bridgehead atoms. The number of allylic oxidation sites excluding steroid dienone is 2. The molecule has 2 nitrogen and oxygen atoms in total. The Morgan fingerprint density at radius 3 is 1.29 bits per heavy atom. The van der Waals surface area contributed by atoms with Gasteiger partial charge in [0.1, 0.15) is 0 Å². The minimum Gasteiger partial charge on any atom is -0.323 e. The van der Waals surface area contributed by atoms with Gasteiger partial charge in [-0.05, 0) is 24.6 Å². The Morgan fingerprint density at radius 1 is 1.00 bits per heavy atom. The third-order valence-electron chi connectivity index (χ3n) is 0.964. The average Bonchev–Trinajstić information content (AvgIpc) is 2.20. The van der Waals surface area contributed by atoms with Crippen molar-refractivity contribution in [2.24, 2.45) is 0 Å². The van der Waals surface area contributed by atoms with E-state index in [-0.39, 0.29) is 18.6 Å². The molecule has 0 spiro atoms. The topological polar surface area (TPSA) is 34.1 Å². The van der Waals surface area contributed by atoms with Crippen LogP contribution in [-0.4, -0.2) is 10.5 Å². The number of carbonyl (C=O) groups is 2. The van der Waals surface area contributed by atoms with Gasteiger partial charge in [0, 0.05) is 18.6 Å². The van der Waals surface area contributed by atoms with Crippen LogP contribution < -0.4 is 0 Å². The molecule has 0 aliphatic rings. The van der Waals surface area contributed by atoms with Crippen LogP contribution in [-0.2, 0) is 28.1 Å². The van der Waals surface area contributed by atoms with E-state index in [4.69, 9.17) is 16.4 Å². The number of hydrogen-bond donors (Lipinski definition) is 0. The summed E-state index contributed by atoms with van der Waals surface area (Å²) in [5.74, 6) is 0. The van der Waals surface area contributed by atoms with Crippen LogP contribution in [0.3, 0.4) is 0 Å². The molecular weight excluding hydrogens is 298 g/mol. The van der Waals surface area contributed by atoms with Crippen molar-refractivity contribution in [2.75, 3.05) is 0 Å². The van der Waals surface area contributed by atoms with Crippen molar-refractivity contribution in [3.05, 3.63) is 55.5 Å². The van der Waals surface area contributed by atoms with E-state index in [0.717, 1.165) is 0 Å². The van der Waals surface area contributed by atoms with Crippen molar-refractivity contribution in [1.82, 2.24) is 0 Å². The molecule has 0 aliphatic carbocycles. The zero-order chi connectivity index (χ0) is 12.8. The molecular formula is C12H13Cl2O2V-. The molecule has 0 unspecified atom stereocenters. The van der Waals surface area contributed by atoms with Crippen molar-refractivity contribution < 1.29 is 28.1 Å². The van der Waals surface area contributed by atoms with Crippen molar-refractivity contribution in [3.8, 4) is 0 Å². The van der Waals surface area contributed by atoms with Crippen molar-refractivity contribution in [1.29, 1.82) is 0 Å². The maximum atomic E-state index is 9.72. The molecule has 1 aromatic carbocycles. The molecule has 5 heteroatoms. The molecule has 0 heterocycles. The van der Waals surface area contributed by atoms with Crippen LogP contribution in [0.15, 0.2) is 48.6 Å². The minimum atomic E-state index is -0.611. The van der Waals surface area contributed by atoms with E-state index in [9.17, 15) is 4.79 Å². The van der Waals surface area contributed by atoms with Crippen molar-refractivity contribution in [3.63, 3.8) is 0 Å². The molecule has 1 rings (SSSR count). The second-order valence-electron chi connectivity index (χ2n) is 2.31. The van der Waals surface area contributed by atoms with E-state index in [1.165, 1.54) is 6.08 Å². The maximum Gasteiger partial charge on any atom is 0.244 e. The van der Waals surface area contributed by atoms with Gasteiger partial charge in [0.2, 0.25) is 5.24 Å². The summed E-state index contributed by atoms with van der Waals surface area (Å²) < 4.78 is 0. The molecule has 1 aromatic rings. The second kappa shape index (κ2) is 17.7. The Hall–Kier alpha value is -0.666. The molecule has 1 radical (unpaired) electrons. The van der Waals surface area contributed by atoms with E-state index >= 15 is 0 Å². The molecule has 17 heavy (non-hydrogen) atoms. The molecule has 0 saturated heterocycles. The fraction of sp³-hybridized carbons (Fsp3) is 0.0833. The van der Waals surface area contributed by atoms with Gasteiger partial charge >= 0.3 is 0 Å². The van der Waals surface area contributed by atoms with Gasteiger partial charge in [-0.15, -0.1) is 0 Å². The third kappa shape index (κ3) is 39.3. The van der Waals surface area contributed by atoms with E-state index in [1.807, 2.05) is 36.4 Å². The SMILES string of the molecule is CC=CC(=O)Cl.[CH2-]C(=O)Cl.[V].c1ccccc1. The Morgan fingerprint density at radius 2 is 1.24 bits per heavy atom. The Labute approximate surface area is 124 Å². The van der Waals surface area contributed by atoms with E-state index < -0.39 is 10.5 Å². The van der Waals surface area contributed by atoms with E-state index in [0.29, 0.717) is 0 Å². The summed E-state index contributed by atoms with van der Waals surface area (Å²) in [5.41, 5.74) is 0. The molecule has 93 valence electrons. The number of halogens is 2. The zero-order valence-electron chi connectivity index (χ0n) is 9.35. The van der Waals surface area contributed by atoms with E-state index in [2.05, 4.69) is 18.5 Å². The van der Waals surface area contributed by atoms with Gasteiger partial charge in [0.15, 0.2) is 0 Å². The first-order chi connectivity index (χ1) is 7.50. The standard InChI is InChI=1S/C6H6.C4H5ClO.C2H2ClO.V/c1-2-4-6-5-3-1;1-2-3-4(5)6;1-2(3)4;/h1-6H;2-3H,1H3;1H2;/q;;-1;. The first-order valence-corrected chi connectivity index (χ1v) is 5.10. The van der Waals surface area contributed by atoms with Crippen LogP contribution in [0, 0.1) is 6.92 Å². The fourth-order valence-electron chi connectivity index (χ4n) is 0.516. The molecule has 0 fully saturated rings. The number of carbonyl (C=O) groups excluding carboxylic acids is 2. The number of rotatable bonds is 1. The van der Waals surface area contributed by atoms with Crippen LogP contribution in [0.25, 0.3) is 0 Å². The summed E-state index contributed by atoms with van der Waals surface area (Å²) in [6, 6.07) is 12.0. The van der Waals surface area contributed by atoms with E-state index in [1.54, 1.807) is 13.0 Å². The predicted molar refractivity (Wildman–Crippen MR) is 68.3 cm³/mol. The Kier molecular flexibility index (Phi) is 22.5. The van der Waals surface area contributed by atoms with Gasteiger partial charge in [-0.1, -0.05) is 54.1 Å². The Balaban J connectivity index is -0.000000172. The number of benzene rings is 1. The van der Waals surface area contributed by atoms with Gasteiger partial charge in [-0.25, -0.2) is 0 Å². The molecule has 0 N–H and O–H groups in total. The van der Waals surface area contributed by atoms with Gasteiger partial charge in [0.05, 0.1) is 5.24 Å². The summed E-state index contributed by atoms with van der Waals surface area (Å²) in [6.45, 7) is 4.50. The summed E-state index contributed by atoms with van der Waals surface area (Å²) >= 11 is 9.38. The predicted octanol–water partition coefficient (Wildman–Crippen LogP) is 3.60. The Bertz CT molecular complexity index is 283. The maximum absolute atomic E-state index is 9.72. The van der Waals surface area contributed by atoms with Crippen LogP contribution in [0.2, 0.25) is 0 Å². The van der Waals surface area contributed by atoms with Crippen molar-refractivity contribution in [2.45, 2.75) is 6.92 Å². The van der Waals surface area contributed by atoms with Gasteiger partial charge in [0.25, 0.3) is 0 Å². The summed E-state index contributed by atoms with van der Waals surface area (Å²) in [7, 11) is 0. The summed E-state index contributed by atoms with van der Waals surface area (Å²) in [6.07, 6.45) is 2.89. The van der Waals surface area contributed by atoms with Gasteiger partial charge in [-0.3, -0.25) is 4.79 Å². The average molecular weight is 311 g/mol. The molecule has 0 saturated carbocycles. The van der Waals surface area contributed by atoms with Crippen LogP contribution in [0.1, 0.15) is 6.92 Å². The minimum absolute atomic E-state index is 0. The van der Waals surface area contributed by atoms with Crippen LogP contribution >= 0.6 is 23.2 Å². The monoisotopic (exact) mass is 310 g/mol. The first kappa shape index (κ1) is 21.6. The molecule has 0 aliphatic heterocycles.